The molecule has 1 heterocycles. The fourth-order valence-electron chi connectivity index (χ4n) is 0.825. The fourth-order valence-corrected chi connectivity index (χ4v) is 0.984. The zero-order valence-corrected chi connectivity index (χ0v) is 7.12. The summed E-state index contributed by atoms with van der Waals surface area (Å²) in [6, 6.07) is 0. The standard InChI is InChI=1S/C7H10ClN3O/c8-5-1-2-11(10)7(3-5)6(9)4-12/h1-3,12H,4,9-10H2/b7-6-. The average Bonchev–Trinajstić information content (AvgIpc) is 2.08. The van der Waals surface area contributed by atoms with Crippen molar-refractivity contribution in [3.63, 3.8) is 0 Å². The van der Waals surface area contributed by atoms with Crippen LogP contribution in [0.3, 0.4) is 0 Å². The van der Waals surface area contributed by atoms with Gasteiger partial charge in [-0.3, -0.25) is 5.01 Å². The Labute approximate surface area is 75.4 Å². The SMILES string of the molecule is N/C(CO)=C1/C=C(Cl)C=CN1N. The van der Waals surface area contributed by atoms with E-state index < -0.39 is 0 Å². The molecule has 0 saturated heterocycles. The highest BCUT2D eigenvalue weighted by molar-refractivity contribution is 6.31. The zero-order chi connectivity index (χ0) is 9.14. The second-order valence-electron chi connectivity index (χ2n) is 2.32. The highest BCUT2D eigenvalue weighted by Gasteiger charge is 2.08. The molecule has 0 atom stereocenters. The summed E-state index contributed by atoms with van der Waals surface area (Å²) >= 11 is 5.70. The van der Waals surface area contributed by atoms with E-state index in [1.165, 1.54) is 5.01 Å². The summed E-state index contributed by atoms with van der Waals surface area (Å²) in [5.74, 6) is 5.51. The molecule has 4 nitrogen and oxygen atoms in total. The number of hydrogen-bond donors (Lipinski definition) is 3. The van der Waals surface area contributed by atoms with Crippen molar-refractivity contribution < 1.29 is 5.11 Å². The van der Waals surface area contributed by atoms with Crippen LogP contribution in [0.5, 0.6) is 0 Å². The number of hydrogen-bond acceptors (Lipinski definition) is 4. The van der Waals surface area contributed by atoms with Gasteiger partial charge in [0.25, 0.3) is 0 Å². The van der Waals surface area contributed by atoms with Gasteiger partial charge < -0.3 is 10.8 Å². The number of allylic oxidation sites excluding steroid dienone is 3. The van der Waals surface area contributed by atoms with Crippen LogP contribution >= 0.6 is 11.6 Å². The lowest BCUT2D eigenvalue weighted by Crippen LogP contribution is -2.28. The van der Waals surface area contributed by atoms with E-state index in [2.05, 4.69) is 0 Å². The van der Waals surface area contributed by atoms with Gasteiger partial charge in [-0.2, -0.15) is 0 Å². The number of hydrazine groups is 1. The minimum absolute atomic E-state index is 0.239. The lowest BCUT2D eigenvalue weighted by Gasteiger charge is -2.20. The van der Waals surface area contributed by atoms with Crippen LogP contribution in [-0.2, 0) is 0 Å². The predicted octanol–water partition coefficient (Wildman–Crippen LogP) is -0.0253. The number of aliphatic hydroxyl groups is 1. The Balaban J connectivity index is 2.99. The highest BCUT2D eigenvalue weighted by atomic mass is 35.5. The maximum absolute atomic E-state index is 8.73. The number of aliphatic hydroxyl groups excluding tert-OH is 1. The Morgan fingerprint density at radius 3 is 2.92 bits per heavy atom. The molecule has 5 heteroatoms. The molecule has 0 unspecified atom stereocenters. The van der Waals surface area contributed by atoms with Crippen molar-refractivity contribution in [2.24, 2.45) is 11.6 Å². The summed E-state index contributed by atoms with van der Waals surface area (Å²) in [7, 11) is 0. The van der Waals surface area contributed by atoms with E-state index >= 15 is 0 Å². The van der Waals surface area contributed by atoms with E-state index in [9.17, 15) is 0 Å². The van der Waals surface area contributed by atoms with E-state index in [4.69, 9.17) is 28.3 Å². The molecule has 5 N–H and O–H groups in total. The van der Waals surface area contributed by atoms with Crippen LogP contribution in [-0.4, -0.2) is 16.7 Å². The van der Waals surface area contributed by atoms with Gasteiger partial charge in [-0.05, 0) is 12.2 Å². The first-order chi connectivity index (χ1) is 5.65. The quantitative estimate of drug-likeness (QED) is 0.504. The maximum atomic E-state index is 8.73. The normalized spacial score (nSPS) is 20.9. The third kappa shape index (κ3) is 1.79. The Morgan fingerprint density at radius 1 is 1.67 bits per heavy atom. The monoisotopic (exact) mass is 187 g/mol. The van der Waals surface area contributed by atoms with E-state index in [0.29, 0.717) is 16.4 Å². The van der Waals surface area contributed by atoms with Crippen molar-refractivity contribution in [3.05, 3.63) is 34.8 Å². The minimum Gasteiger partial charge on any atom is -0.398 e. The first-order valence-corrected chi connectivity index (χ1v) is 3.71. The predicted molar refractivity (Wildman–Crippen MR) is 47.4 cm³/mol. The summed E-state index contributed by atoms with van der Waals surface area (Å²) in [4.78, 5) is 0. The van der Waals surface area contributed by atoms with Gasteiger partial charge in [-0.25, -0.2) is 5.84 Å². The van der Waals surface area contributed by atoms with Gasteiger partial charge in [-0.15, -0.1) is 0 Å². The molecular formula is C7H10ClN3O. The van der Waals surface area contributed by atoms with Crippen molar-refractivity contribution in [3.8, 4) is 0 Å². The highest BCUT2D eigenvalue weighted by Crippen LogP contribution is 2.17. The van der Waals surface area contributed by atoms with Gasteiger partial charge in [-0.1, -0.05) is 11.6 Å². The molecule has 1 aliphatic rings. The number of nitrogens with two attached hydrogens (primary N) is 2. The van der Waals surface area contributed by atoms with Crippen molar-refractivity contribution in [1.82, 2.24) is 5.01 Å². The number of halogens is 1. The Bertz CT molecular complexity index is 270. The molecule has 1 aliphatic heterocycles. The maximum Gasteiger partial charge on any atom is 0.0847 e. The fraction of sp³-hybridized carbons (Fsp3) is 0.143. The molecule has 0 aromatic carbocycles. The van der Waals surface area contributed by atoms with Crippen molar-refractivity contribution in [2.45, 2.75) is 0 Å². The summed E-state index contributed by atoms with van der Waals surface area (Å²) in [5.41, 5.74) is 6.28. The molecule has 12 heavy (non-hydrogen) atoms. The lowest BCUT2D eigenvalue weighted by molar-refractivity contribution is 0.323. The third-order valence-corrected chi connectivity index (χ3v) is 1.68. The van der Waals surface area contributed by atoms with Gasteiger partial charge >= 0.3 is 0 Å². The van der Waals surface area contributed by atoms with Crippen molar-refractivity contribution in [1.29, 1.82) is 0 Å². The van der Waals surface area contributed by atoms with Crippen LogP contribution in [0.15, 0.2) is 34.8 Å². The molecule has 0 fully saturated rings. The Hall–Kier alpha value is -0.970. The molecule has 0 aliphatic carbocycles. The summed E-state index contributed by atoms with van der Waals surface area (Å²) in [5, 5.41) is 10.6. The van der Waals surface area contributed by atoms with Crippen molar-refractivity contribution >= 4 is 11.6 Å². The second kappa shape index (κ2) is 3.62. The smallest absolute Gasteiger partial charge is 0.0847 e. The van der Waals surface area contributed by atoms with E-state index in [1.54, 1.807) is 18.4 Å². The van der Waals surface area contributed by atoms with Crippen LogP contribution in [0.4, 0.5) is 0 Å². The van der Waals surface area contributed by atoms with Crippen LogP contribution in [0.1, 0.15) is 0 Å². The first-order valence-electron chi connectivity index (χ1n) is 3.34. The molecule has 0 aromatic rings. The molecule has 0 saturated carbocycles. The third-order valence-electron chi connectivity index (χ3n) is 1.45. The summed E-state index contributed by atoms with van der Waals surface area (Å²) in [6.07, 6.45) is 4.79. The van der Waals surface area contributed by atoms with Gasteiger partial charge in [0.1, 0.15) is 0 Å². The molecule has 0 spiro atoms. The second-order valence-corrected chi connectivity index (χ2v) is 2.76. The molecule has 0 aromatic heterocycles. The largest absolute Gasteiger partial charge is 0.398 e. The number of nitrogens with zero attached hydrogens (tertiary/aromatic N) is 1. The van der Waals surface area contributed by atoms with Gasteiger partial charge in [0, 0.05) is 11.2 Å². The molecule has 0 bridgehead atoms. The zero-order valence-electron chi connectivity index (χ0n) is 6.37. The van der Waals surface area contributed by atoms with Gasteiger partial charge in [0.15, 0.2) is 0 Å². The molecule has 0 amide bonds. The van der Waals surface area contributed by atoms with Gasteiger partial charge in [0.2, 0.25) is 0 Å². The lowest BCUT2D eigenvalue weighted by atomic mass is 10.2. The summed E-state index contributed by atoms with van der Waals surface area (Å²) in [6.45, 7) is -0.239. The molecule has 0 radical (unpaired) electrons. The Kier molecular flexibility index (Phi) is 2.75. The van der Waals surface area contributed by atoms with Crippen molar-refractivity contribution in [2.75, 3.05) is 6.61 Å². The topological polar surface area (TPSA) is 75.5 Å². The van der Waals surface area contributed by atoms with Crippen LogP contribution in [0.2, 0.25) is 0 Å². The van der Waals surface area contributed by atoms with E-state index in [1.807, 2.05) is 0 Å². The van der Waals surface area contributed by atoms with Crippen LogP contribution in [0, 0.1) is 0 Å². The van der Waals surface area contributed by atoms with Gasteiger partial charge in [0.05, 0.1) is 18.0 Å². The Morgan fingerprint density at radius 2 is 2.33 bits per heavy atom. The van der Waals surface area contributed by atoms with E-state index in [-0.39, 0.29) is 6.61 Å². The average molecular weight is 188 g/mol. The van der Waals surface area contributed by atoms with Crippen LogP contribution in [0.25, 0.3) is 0 Å². The molecule has 66 valence electrons. The minimum atomic E-state index is -0.239. The first kappa shape index (κ1) is 9.12. The van der Waals surface area contributed by atoms with Crippen LogP contribution < -0.4 is 11.6 Å². The van der Waals surface area contributed by atoms with E-state index in [0.717, 1.165) is 0 Å². The molecular weight excluding hydrogens is 178 g/mol. The molecule has 1 rings (SSSR count). The number of rotatable bonds is 1. The summed E-state index contributed by atoms with van der Waals surface area (Å²) < 4.78 is 0.